The lowest BCUT2D eigenvalue weighted by Gasteiger charge is -2.25. The van der Waals surface area contributed by atoms with Gasteiger partial charge in [0.05, 0.1) is 11.3 Å². The van der Waals surface area contributed by atoms with Crippen LogP contribution in [-0.2, 0) is 4.79 Å². The van der Waals surface area contributed by atoms with Gasteiger partial charge in [-0.3, -0.25) is 9.36 Å². The Morgan fingerprint density at radius 1 is 1.12 bits per heavy atom. The molecule has 2 aromatic carbocycles. The van der Waals surface area contributed by atoms with E-state index in [1.807, 2.05) is 24.3 Å². The van der Waals surface area contributed by atoms with Crippen molar-refractivity contribution in [1.82, 2.24) is 19.7 Å². The Balaban J connectivity index is 1.35. The molecule has 0 aliphatic heterocycles. The smallest absolute Gasteiger partial charge is 0.275 e. The number of para-hydroxylation sites is 1. The Kier molecular flexibility index (Phi) is 6.44. The van der Waals surface area contributed by atoms with Crippen LogP contribution < -0.4 is 0 Å². The zero-order chi connectivity index (χ0) is 23.5. The number of H-pyrrole nitrogens is 1. The number of amides is 1. The molecule has 0 unspecified atom stereocenters. The standard InChI is InChI=1S/C25H26N6O2S/c1-16-11-13-17(14-12-16)23-29-30-25(31(23)18-7-3-2-4-8-18)34-15-21(32)27-28-22-19-9-5-6-10-20(19)26-24(22)33/h5-6,9-14,18,26,33H,2-4,7-8,15H2,1H3. The molecular formula is C25H26N6O2S. The minimum Gasteiger partial charge on any atom is -0.493 e. The summed E-state index contributed by atoms with van der Waals surface area (Å²) in [6, 6.07) is 16.0. The minimum atomic E-state index is -0.398. The van der Waals surface area contributed by atoms with Crippen molar-refractivity contribution in [3.05, 3.63) is 54.1 Å². The molecule has 2 aromatic heterocycles. The van der Waals surface area contributed by atoms with Crippen LogP contribution in [0.4, 0.5) is 5.69 Å². The molecule has 1 aliphatic carbocycles. The van der Waals surface area contributed by atoms with Crippen molar-refractivity contribution in [2.45, 2.75) is 50.2 Å². The molecule has 5 rings (SSSR count). The van der Waals surface area contributed by atoms with Gasteiger partial charge < -0.3 is 10.1 Å². The summed E-state index contributed by atoms with van der Waals surface area (Å²) < 4.78 is 2.20. The van der Waals surface area contributed by atoms with Gasteiger partial charge in [-0.05, 0) is 25.8 Å². The number of nitrogens with zero attached hydrogens (tertiary/aromatic N) is 5. The largest absolute Gasteiger partial charge is 0.493 e. The number of hydrogen-bond donors (Lipinski definition) is 2. The maximum Gasteiger partial charge on any atom is 0.275 e. The predicted octanol–water partition coefficient (Wildman–Crippen LogP) is 6.35. The molecule has 1 fully saturated rings. The number of carbonyl (C=O) groups excluding carboxylic acids is 1. The van der Waals surface area contributed by atoms with Crippen LogP contribution in [0.3, 0.4) is 0 Å². The molecule has 4 aromatic rings. The molecule has 2 N–H and O–H groups in total. The Hall–Kier alpha value is -3.46. The minimum absolute atomic E-state index is 0.0887. The van der Waals surface area contributed by atoms with Crippen molar-refractivity contribution in [3.8, 4) is 17.3 Å². The zero-order valence-corrected chi connectivity index (χ0v) is 19.8. The summed E-state index contributed by atoms with van der Waals surface area (Å²) in [6.45, 7) is 2.06. The Bertz CT molecular complexity index is 1340. The van der Waals surface area contributed by atoms with Gasteiger partial charge in [0.15, 0.2) is 16.7 Å². The van der Waals surface area contributed by atoms with Gasteiger partial charge in [0.1, 0.15) is 0 Å². The zero-order valence-electron chi connectivity index (χ0n) is 18.9. The molecular weight excluding hydrogens is 448 g/mol. The van der Waals surface area contributed by atoms with Gasteiger partial charge in [0.2, 0.25) is 5.88 Å². The first-order valence-electron chi connectivity index (χ1n) is 11.5. The van der Waals surface area contributed by atoms with E-state index in [4.69, 9.17) is 0 Å². The highest BCUT2D eigenvalue weighted by Gasteiger charge is 2.24. The Labute approximate surface area is 201 Å². The van der Waals surface area contributed by atoms with Crippen LogP contribution in [0.5, 0.6) is 5.88 Å². The first-order chi connectivity index (χ1) is 16.6. The third-order valence-electron chi connectivity index (χ3n) is 6.16. The monoisotopic (exact) mass is 474 g/mol. The second kappa shape index (κ2) is 9.80. The van der Waals surface area contributed by atoms with Gasteiger partial charge in [-0.1, -0.05) is 79.1 Å². The normalized spacial score (nSPS) is 14.9. The summed E-state index contributed by atoms with van der Waals surface area (Å²) in [5.74, 6) is 0.424. The number of fused-ring (bicyclic) bond motifs is 1. The summed E-state index contributed by atoms with van der Waals surface area (Å²) in [6.07, 6.45) is 5.78. The highest BCUT2D eigenvalue weighted by Crippen LogP contribution is 2.37. The lowest BCUT2D eigenvalue weighted by Crippen LogP contribution is -2.15. The quantitative estimate of drug-likeness (QED) is 0.250. The molecule has 0 spiro atoms. The van der Waals surface area contributed by atoms with Crippen LogP contribution in [0.2, 0.25) is 0 Å². The Morgan fingerprint density at radius 2 is 1.88 bits per heavy atom. The van der Waals surface area contributed by atoms with Gasteiger partial charge in [0, 0.05) is 17.0 Å². The molecule has 8 nitrogen and oxygen atoms in total. The highest BCUT2D eigenvalue weighted by molar-refractivity contribution is 7.99. The number of aromatic nitrogens is 4. The number of rotatable bonds is 6. The number of aryl methyl sites for hydroxylation is 1. The fourth-order valence-corrected chi connectivity index (χ4v) is 5.20. The second-order valence-corrected chi connectivity index (χ2v) is 9.53. The molecule has 174 valence electrons. The fourth-order valence-electron chi connectivity index (χ4n) is 4.42. The number of carbonyl (C=O) groups is 1. The van der Waals surface area contributed by atoms with E-state index in [0.717, 1.165) is 34.9 Å². The first-order valence-corrected chi connectivity index (χ1v) is 12.5. The van der Waals surface area contributed by atoms with Gasteiger partial charge >= 0.3 is 0 Å². The number of hydrogen-bond acceptors (Lipinski definition) is 6. The van der Waals surface area contributed by atoms with E-state index in [2.05, 4.69) is 61.2 Å². The van der Waals surface area contributed by atoms with Crippen LogP contribution in [0, 0.1) is 6.92 Å². The van der Waals surface area contributed by atoms with Crippen LogP contribution >= 0.6 is 11.8 Å². The molecule has 1 saturated carbocycles. The van der Waals surface area contributed by atoms with Gasteiger partial charge in [-0.25, -0.2) is 0 Å². The van der Waals surface area contributed by atoms with Crippen LogP contribution in [0.1, 0.15) is 43.7 Å². The summed E-state index contributed by atoms with van der Waals surface area (Å²) in [5, 5.41) is 28.3. The van der Waals surface area contributed by atoms with Gasteiger partial charge in [-0.2, -0.15) is 0 Å². The molecule has 0 saturated heterocycles. The topological polar surface area (TPSA) is 109 Å². The lowest BCUT2D eigenvalue weighted by atomic mass is 9.95. The average Bonchev–Trinajstić information content (AvgIpc) is 3.42. The van der Waals surface area contributed by atoms with E-state index in [0.29, 0.717) is 11.4 Å². The number of thioether (sulfide) groups is 1. The average molecular weight is 475 g/mol. The summed E-state index contributed by atoms with van der Waals surface area (Å²) in [4.78, 5) is 15.4. The van der Waals surface area contributed by atoms with Crippen molar-refractivity contribution in [1.29, 1.82) is 0 Å². The van der Waals surface area contributed by atoms with E-state index in [-0.39, 0.29) is 17.3 Å². The van der Waals surface area contributed by atoms with E-state index >= 15 is 0 Å². The van der Waals surface area contributed by atoms with E-state index in [1.54, 1.807) is 0 Å². The summed E-state index contributed by atoms with van der Waals surface area (Å²) in [7, 11) is 0. The van der Waals surface area contributed by atoms with Crippen molar-refractivity contribution >= 4 is 34.3 Å². The molecule has 0 atom stereocenters. The third kappa shape index (κ3) is 4.61. The number of aromatic amines is 1. The molecule has 0 radical (unpaired) electrons. The predicted molar refractivity (Wildman–Crippen MR) is 133 cm³/mol. The van der Waals surface area contributed by atoms with Crippen molar-refractivity contribution in [2.75, 3.05) is 5.75 Å². The number of nitrogens with one attached hydrogen (secondary N) is 1. The highest BCUT2D eigenvalue weighted by atomic mass is 32.2. The third-order valence-corrected chi connectivity index (χ3v) is 7.09. The van der Waals surface area contributed by atoms with Crippen molar-refractivity contribution < 1.29 is 9.90 Å². The van der Waals surface area contributed by atoms with Crippen molar-refractivity contribution in [2.24, 2.45) is 10.2 Å². The Morgan fingerprint density at radius 3 is 2.68 bits per heavy atom. The summed E-state index contributed by atoms with van der Waals surface area (Å²) in [5.41, 5.74) is 3.22. The number of benzene rings is 2. The van der Waals surface area contributed by atoms with Crippen molar-refractivity contribution in [3.63, 3.8) is 0 Å². The van der Waals surface area contributed by atoms with E-state index < -0.39 is 5.91 Å². The lowest BCUT2D eigenvalue weighted by molar-refractivity contribution is -0.115. The van der Waals surface area contributed by atoms with Crippen LogP contribution in [-0.4, -0.2) is 36.5 Å². The van der Waals surface area contributed by atoms with Gasteiger partial charge in [0.25, 0.3) is 5.91 Å². The van der Waals surface area contributed by atoms with Crippen LogP contribution in [0.15, 0.2) is 63.9 Å². The van der Waals surface area contributed by atoms with Crippen LogP contribution in [0.25, 0.3) is 22.3 Å². The molecule has 34 heavy (non-hydrogen) atoms. The fraction of sp³-hybridized carbons (Fsp3) is 0.320. The van der Waals surface area contributed by atoms with Gasteiger partial charge in [-0.15, -0.1) is 20.4 Å². The SMILES string of the molecule is Cc1ccc(-c2nnc(SCC(=O)N=Nc3c(O)[nH]c4ccccc34)n2C2CCCCC2)cc1. The number of azo groups is 1. The maximum atomic E-state index is 12.5. The maximum absolute atomic E-state index is 12.5. The van der Waals surface area contributed by atoms with E-state index in [1.165, 1.54) is 36.6 Å². The summed E-state index contributed by atoms with van der Waals surface area (Å²) >= 11 is 1.33. The molecule has 1 amide bonds. The first kappa shape index (κ1) is 22.3. The van der Waals surface area contributed by atoms with E-state index in [9.17, 15) is 9.90 Å². The molecule has 1 aliphatic rings. The molecule has 2 heterocycles. The number of aromatic hydroxyl groups is 1. The molecule has 9 heteroatoms. The molecule has 0 bridgehead atoms. The second-order valence-electron chi connectivity index (χ2n) is 8.58.